The summed E-state index contributed by atoms with van der Waals surface area (Å²) in [5.41, 5.74) is 6.14. The maximum absolute atomic E-state index is 14.0. The van der Waals surface area contributed by atoms with Gasteiger partial charge in [0.15, 0.2) is 11.6 Å². The van der Waals surface area contributed by atoms with Gasteiger partial charge in [-0.25, -0.2) is 8.78 Å². The topological polar surface area (TPSA) is 38.5 Å². The van der Waals surface area contributed by atoms with Crippen molar-refractivity contribution in [3.63, 3.8) is 0 Å². The summed E-state index contributed by atoms with van der Waals surface area (Å²) in [6, 6.07) is 3.97. The Bertz CT molecular complexity index is 440. The SMILES string of the molecule is CCOC1CCCN(C(CN)c2cccc(F)c2F)C1. The lowest BCUT2D eigenvalue weighted by atomic mass is 10.00. The lowest BCUT2D eigenvalue weighted by molar-refractivity contribution is -0.00708. The number of piperidine rings is 1. The first-order valence-corrected chi connectivity index (χ1v) is 7.17. The highest BCUT2D eigenvalue weighted by molar-refractivity contribution is 5.23. The van der Waals surface area contributed by atoms with Gasteiger partial charge in [0, 0.05) is 25.3 Å². The first-order valence-electron chi connectivity index (χ1n) is 7.17. The number of hydrogen-bond donors (Lipinski definition) is 1. The molecule has 3 nitrogen and oxygen atoms in total. The molecule has 1 fully saturated rings. The van der Waals surface area contributed by atoms with Crippen LogP contribution in [0.4, 0.5) is 8.78 Å². The Hall–Kier alpha value is -1.04. The molecule has 20 heavy (non-hydrogen) atoms. The van der Waals surface area contributed by atoms with E-state index in [1.807, 2.05) is 6.92 Å². The zero-order valence-electron chi connectivity index (χ0n) is 11.8. The summed E-state index contributed by atoms with van der Waals surface area (Å²) >= 11 is 0. The van der Waals surface area contributed by atoms with Crippen LogP contribution in [0.5, 0.6) is 0 Å². The molecule has 1 aliphatic heterocycles. The van der Waals surface area contributed by atoms with Gasteiger partial charge >= 0.3 is 0 Å². The Labute approximate surface area is 118 Å². The van der Waals surface area contributed by atoms with E-state index in [1.54, 1.807) is 6.07 Å². The molecule has 0 aromatic heterocycles. The van der Waals surface area contributed by atoms with Crippen LogP contribution in [0.25, 0.3) is 0 Å². The van der Waals surface area contributed by atoms with Crippen molar-refractivity contribution in [2.75, 3.05) is 26.2 Å². The van der Waals surface area contributed by atoms with Gasteiger partial charge in [0.1, 0.15) is 0 Å². The molecule has 112 valence electrons. The number of ether oxygens (including phenoxy) is 1. The van der Waals surface area contributed by atoms with Crippen molar-refractivity contribution < 1.29 is 13.5 Å². The Morgan fingerprint density at radius 1 is 1.45 bits per heavy atom. The Kier molecular flexibility index (Phi) is 5.46. The molecule has 2 rings (SSSR count). The fourth-order valence-electron chi connectivity index (χ4n) is 2.87. The minimum atomic E-state index is -0.820. The fraction of sp³-hybridized carbons (Fsp3) is 0.600. The molecule has 5 heteroatoms. The van der Waals surface area contributed by atoms with Gasteiger partial charge in [-0.3, -0.25) is 4.90 Å². The maximum Gasteiger partial charge on any atom is 0.163 e. The van der Waals surface area contributed by atoms with Crippen molar-refractivity contribution >= 4 is 0 Å². The Morgan fingerprint density at radius 3 is 2.95 bits per heavy atom. The normalized spacial score (nSPS) is 21.9. The summed E-state index contributed by atoms with van der Waals surface area (Å²) in [4.78, 5) is 2.10. The van der Waals surface area contributed by atoms with Gasteiger partial charge in [-0.1, -0.05) is 12.1 Å². The molecule has 2 unspecified atom stereocenters. The van der Waals surface area contributed by atoms with Crippen molar-refractivity contribution in [2.45, 2.75) is 31.9 Å². The van der Waals surface area contributed by atoms with E-state index in [0.717, 1.165) is 25.5 Å². The highest BCUT2D eigenvalue weighted by Gasteiger charge is 2.28. The van der Waals surface area contributed by atoms with Crippen LogP contribution in [0.1, 0.15) is 31.4 Å². The average Bonchev–Trinajstić information content (AvgIpc) is 2.45. The van der Waals surface area contributed by atoms with Crippen molar-refractivity contribution in [1.82, 2.24) is 4.90 Å². The van der Waals surface area contributed by atoms with Gasteiger partial charge in [-0.15, -0.1) is 0 Å². The van der Waals surface area contributed by atoms with Crippen LogP contribution in [0.3, 0.4) is 0 Å². The average molecular weight is 284 g/mol. The van der Waals surface area contributed by atoms with E-state index in [1.165, 1.54) is 6.07 Å². The molecule has 0 radical (unpaired) electrons. The third-order valence-electron chi connectivity index (χ3n) is 3.82. The van der Waals surface area contributed by atoms with Crippen LogP contribution in [-0.4, -0.2) is 37.2 Å². The van der Waals surface area contributed by atoms with Crippen LogP contribution in [0, 0.1) is 11.6 Å². The van der Waals surface area contributed by atoms with E-state index in [2.05, 4.69) is 4.90 Å². The smallest absolute Gasteiger partial charge is 0.163 e. The van der Waals surface area contributed by atoms with Crippen molar-refractivity contribution in [2.24, 2.45) is 5.73 Å². The quantitative estimate of drug-likeness (QED) is 0.902. The predicted molar refractivity (Wildman–Crippen MR) is 74.4 cm³/mol. The minimum absolute atomic E-state index is 0.152. The fourth-order valence-corrected chi connectivity index (χ4v) is 2.87. The molecule has 0 spiro atoms. The van der Waals surface area contributed by atoms with E-state index >= 15 is 0 Å². The lowest BCUT2D eigenvalue weighted by Gasteiger charge is -2.38. The Morgan fingerprint density at radius 2 is 2.25 bits per heavy atom. The van der Waals surface area contributed by atoms with Crippen LogP contribution < -0.4 is 5.73 Å². The van der Waals surface area contributed by atoms with E-state index in [-0.39, 0.29) is 18.7 Å². The first-order chi connectivity index (χ1) is 9.67. The van der Waals surface area contributed by atoms with Gasteiger partial charge in [0.25, 0.3) is 0 Å². The van der Waals surface area contributed by atoms with Crippen LogP contribution in [-0.2, 0) is 4.74 Å². The summed E-state index contributed by atoms with van der Waals surface area (Å²) < 4.78 is 33.0. The van der Waals surface area contributed by atoms with E-state index in [4.69, 9.17) is 10.5 Å². The largest absolute Gasteiger partial charge is 0.377 e. The summed E-state index contributed by atoms with van der Waals surface area (Å²) in [6.45, 7) is 4.44. The number of rotatable bonds is 5. The second-order valence-corrected chi connectivity index (χ2v) is 5.11. The summed E-state index contributed by atoms with van der Waals surface area (Å²) in [5.74, 6) is -1.61. The van der Waals surface area contributed by atoms with Crippen molar-refractivity contribution in [3.05, 3.63) is 35.4 Å². The third kappa shape index (κ3) is 3.34. The molecule has 0 aliphatic carbocycles. The second kappa shape index (κ2) is 7.11. The molecule has 0 bridgehead atoms. The number of hydrogen-bond acceptors (Lipinski definition) is 3. The zero-order chi connectivity index (χ0) is 14.5. The van der Waals surface area contributed by atoms with Gasteiger partial charge in [0.05, 0.1) is 12.1 Å². The van der Waals surface area contributed by atoms with Crippen LogP contribution in [0.2, 0.25) is 0 Å². The molecule has 1 aromatic rings. The van der Waals surface area contributed by atoms with Gasteiger partial charge in [0.2, 0.25) is 0 Å². The zero-order valence-corrected chi connectivity index (χ0v) is 11.8. The Balaban J connectivity index is 2.17. The summed E-state index contributed by atoms with van der Waals surface area (Å²) in [5, 5.41) is 0. The third-order valence-corrected chi connectivity index (χ3v) is 3.82. The monoisotopic (exact) mass is 284 g/mol. The number of nitrogens with zero attached hydrogens (tertiary/aromatic N) is 1. The van der Waals surface area contributed by atoms with Gasteiger partial charge < -0.3 is 10.5 Å². The summed E-state index contributed by atoms with van der Waals surface area (Å²) in [6.07, 6.45) is 2.14. The van der Waals surface area contributed by atoms with Crippen LogP contribution >= 0.6 is 0 Å². The lowest BCUT2D eigenvalue weighted by Crippen LogP contribution is -2.44. The molecule has 1 saturated heterocycles. The number of nitrogens with two attached hydrogens (primary N) is 1. The van der Waals surface area contributed by atoms with E-state index in [9.17, 15) is 8.78 Å². The highest BCUT2D eigenvalue weighted by atomic mass is 19.2. The standard InChI is InChI=1S/C15H22F2N2O/c1-2-20-11-5-4-8-19(10-11)14(9-18)12-6-3-7-13(16)15(12)17/h3,6-7,11,14H,2,4-5,8-10,18H2,1H3. The summed E-state index contributed by atoms with van der Waals surface area (Å²) in [7, 11) is 0. The molecule has 1 aromatic carbocycles. The van der Waals surface area contributed by atoms with E-state index < -0.39 is 11.6 Å². The molecular formula is C15H22F2N2O. The second-order valence-electron chi connectivity index (χ2n) is 5.11. The highest BCUT2D eigenvalue weighted by Crippen LogP contribution is 2.27. The van der Waals surface area contributed by atoms with Gasteiger partial charge in [-0.05, 0) is 32.4 Å². The predicted octanol–water partition coefficient (Wildman–Crippen LogP) is 2.47. The number of halogens is 2. The van der Waals surface area contributed by atoms with Crippen LogP contribution in [0.15, 0.2) is 18.2 Å². The molecular weight excluding hydrogens is 262 g/mol. The molecule has 0 amide bonds. The minimum Gasteiger partial charge on any atom is -0.377 e. The number of likely N-dealkylation sites (tertiary alicyclic amines) is 1. The first kappa shape index (κ1) is 15.4. The molecule has 2 atom stereocenters. The van der Waals surface area contributed by atoms with Crippen molar-refractivity contribution in [1.29, 1.82) is 0 Å². The van der Waals surface area contributed by atoms with Gasteiger partial charge in [-0.2, -0.15) is 0 Å². The molecule has 0 saturated carbocycles. The molecule has 1 heterocycles. The molecule has 1 aliphatic rings. The number of benzene rings is 1. The maximum atomic E-state index is 14.0. The molecule has 2 N–H and O–H groups in total. The van der Waals surface area contributed by atoms with Crippen molar-refractivity contribution in [3.8, 4) is 0 Å². The van der Waals surface area contributed by atoms with E-state index in [0.29, 0.717) is 18.7 Å².